The first kappa shape index (κ1) is 21.3. The Labute approximate surface area is 161 Å². The van der Waals surface area contributed by atoms with Crippen molar-refractivity contribution in [2.45, 2.75) is 56.2 Å². The lowest BCUT2D eigenvalue weighted by atomic mass is 10.1. The summed E-state index contributed by atoms with van der Waals surface area (Å²) in [7, 11) is -3.38. The van der Waals surface area contributed by atoms with Crippen LogP contribution in [-0.4, -0.2) is 62.3 Å². The Morgan fingerprint density at radius 2 is 1.96 bits per heavy atom. The SMILES string of the molecule is CCCCCC[C@@H](C)NC(=O)CN1CCN(S(=O)(=O)c2cccs2)CC1. The molecule has 2 rings (SSSR count). The third-order valence-electron chi connectivity index (χ3n) is 4.69. The van der Waals surface area contributed by atoms with Gasteiger partial charge in [-0.1, -0.05) is 38.7 Å². The monoisotopic (exact) mass is 401 g/mol. The quantitative estimate of drug-likeness (QED) is 0.612. The van der Waals surface area contributed by atoms with E-state index in [4.69, 9.17) is 0 Å². The van der Waals surface area contributed by atoms with E-state index in [1.807, 2.05) is 4.90 Å². The van der Waals surface area contributed by atoms with Crippen LogP contribution in [0.3, 0.4) is 0 Å². The Hall–Kier alpha value is -0.960. The van der Waals surface area contributed by atoms with Gasteiger partial charge < -0.3 is 5.32 Å². The van der Waals surface area contributed by atoms with Crippen molar-refractivity contribution in [3.8, 4) is 0 Å². The summed E-state index contributed by atoms with van der Waals surface area (Å²) in [5.41, 5.74) is 0. The van der Waals surface area contributed by atoms with Crippen LogP contribution in [0.4, 0.5) is 0 Å². The molecular weight excluding hydrogens is 370 g/mol. The van der Waals surface area contributed by atoms with E-state index in [1.165, 1.54) is 34.9 Å². The molecule has 2 heterocycles. The predicted molar refractivity (Wildman–Crippen MR) is 106 cm³/mol. The topological polar surface area (TPSA) is 69.7 Å². The second kappa shape index (κ2) is 10.4. The van der Waals surface area contributed by atoms with Crippen molar-refractivity contribution in [1.82, 2.24) is 14.5 Å². The van der Waals surface area contributed by atoms with Gasteiger partial charge in [0, 0.05) is 32.2 Å². The molecule has 1 aliphatic heterocycles. The average Bonchev–Trinajstić information content (AvgIpc) is 3.14. The van der Waals surface area contributed by atoms with Crippen LogP contribution in [0.2, 0.25) is 0 Å². The molecule has 0 aliphatic carbocycles. The van der Waals surface area contributed by atoms with E-state index in [0.717, 1.165) is 12.8 Å². The van der Waals surface area contributed by atoms with Gasteiger partial charge in [0.25, 0.3) is 10.0 Å². The fourth-order valence-corrected chi connectivity index (χ4v) is 5.71. The van der Waals surface area contributed by atoms with Gasteiger partial charge in [-0.05, 0) is 24.8 Å². The summed E-state index contributed by atoms with van der Waals surface area (Å²) in [6.07, 6.45) is 5.85. The van der Waals surface area contributed by atoms with Crippen molar-refractivity contribution in [3.05, 3.63) is 17.5 Å². The van der Waals surface area contributed by atoms with E-state index in [2.05, 4.69) is 19.2 Å². The molecule has 0 radical (unpaired) electrons. The van der Waals surface area contributed by atoms with Gasteiger partial charge in [-0.2, -0.15) is 4.31 Å². The van der Waals surface area contributed by atoms with Crippen molar-refractivity contribution >= 4 is 27.3 Å². The molecule has 1 N–H and O–H groups in total. The van der Waals surface area contributed by atoms with Gasteiger partial charge in [0.05, 0.1) is 6.54 Å². The van der Waals surface area contributed by atoms with Crippen LogP contribution in [0, 0.1) is 0 Å². The van der Waals surface area contributed by atoms with Crippen molar-refractivity contribution in [2.24, 2.45) is 0 Å². The Morgan fingerprint density at radius 3 is 2.58 bits per heavy atom. The highest BCUT2D eigenvalue weighted by molar-refractivity contribution is 7.91. The molecule has 8 heteroatoms. The number of sulfonamides is 1. The highest BCUT2D eigenvalue weighted by atomic mass is 32.2. The Balaban J connectivity index is 1.70. The van der Waals surface area contributed by atoms with Crippen LogP contribution < -0.4 is 5.32 Å². The Kier molecular flexibility index (Phi) is 8.53. The molecule has 1 atom stereocenters. The Morgan fingerprint density at radius 1 is 1.23 bits per heavy atom. The molecule has 1 aromatic rings. The third-order valence-corrected chi connectivity index (χ3v) is 7.96. The van der Waals surface area contributed by atoms with Crippen molar-refractivity contribution in [2.75, 3.05) is 32.7 Å². The minimum absolute atomic E-state index is 0.0301. The average molecular weight is 402 g/mol. The van der Waals surface area contributed by atoms with Gasteiger partial charge in [-0.3, -0.25) is 9.69 Å². The molecule has 1 aromatic heterocycles. The van der Waals surface area contributed by atoms with Crippen LogP contribution in [0.25, 0.3) is 0 Å². The zero-order valence-corrected chi connectivity index (χ0v) is 17.4. The van der Waals surface area contributed by atoms with Crippen LogP contribution in [-0.2, 0) is 14.8 Å². The highest BCUT2D eigenvalue weighted by Crippen LogP contribution is 2.21. The molecule has 1 aliphatic rings. The lowest BCUT2D eigenvalue weighted by Gasteiger charge is -2.33. The summed E-state index contributed by atoms with van der Waals surface area (Å²) in [6, 6.07) is 3.59. The smallest absolute Gasteiger partial charge is 0.252 e. The van der Waals surface area contributed by atoms with Crippen LogP contribution >= 0.6 is 11.3 Å². The van der Waals surface area contributed by atoms with E-state index in [-0.39, 0.29) is 11.9 Å². The number of hydrogen-bond acceptors (Lipinski definition) is 5. The first-order valence-electron chi connectivity index (χ1n) is 9.49. The van der Waals surface area contributed by atoms with Crippen molar-refractivity contribution in [3.63, 3.8) is 0 Å². The third kappa shape index (κ3) is 6.33. The zero-order valence-electron chi connectivity index (χ0n) is 15.8. The van der Waals surface area contributed by atoms with E-state index >= 15 is 0 Å². The normalized spacial score (nSPS) is 17.9. The zero-order chi connectivity index (χ0) is 19.0. The molecule has 6 nitrogen and oxygen atoms in total. The number of hydrogen-bond donors (Lipinski definition) is 1. The van der Waals surface area contributed by atoms with Crippen LogP contribution in [0.5, 0.6) is 0 Å². The number of nitrogens with one attached hydrogen (secondary N) is 1. The minimum atomic E-state index is -3.38. The van der Waals surface area contributed by atoms with Gasteiger partial charge in [0.2, 0.25) is 5.91 Å². The summed E-state index contributed by atoms with van der Waals surface area (Å²) in [5, 5.41) is 4.83. The first-order chi connectivity index (χ1) is 12.4. The van der Waals surface area contributed by atoms with Gasteiger partial charge in [0.1, 0.15) is 4.21 Å². The number of piperazine rings is 1. The number of nitrogens with zero attached hydrogens (tertiary/aromatic N) is 2. The maximum atomic E-state index is 12.5. The number of carbonyl (C=O) groups excluding carboxylic acids is 1. The van der Waals surface area contributed by atoms with Crippen LogP contribution in [0.1, 0.15) is 46.0 Å². The second-order valence-corrected chi connectivity index (χ2v) is 10.0. The standard InChI is InChI=1S/C18H31N3O3S2/c1-3-4-5-6-8-16(2)19-17(22)15-20-10-12-21(13-11-20)26(23,24)18-9-7-14-25-18/h7,9,14,16H,3-6,8,10-13,15H2,1-2H3,(H,19,22)/t16-/m1/s1. The second-order valence-electron chi connectivity index (χ2n) is 6.93. The van der Waals surface area contributed by atoms with E-state index in [0.29, 0.717) is 36.9 Å². The van der Waals surface area contributed by atoms with E-state index < -0.39 is 10.0 Å². The molecule has 148 valence electrons. The van der Waals surface area contributed by atoms with Crippen molar-refractivity contribution < 1.29 is 13.2 Å². The molecule has 0 aromatic carbocycles. The summed E-state index contributed by atoms with van der Waals surface area (Å²) in [4.78, 5) is 14.2. The molecular formula is C18H31N3O3S2. The number of unbranched alkanes of at least 4 members (excludes halogenated alkanes) is 3. The van der Waals surface area contributed by atoms with Gasteiger partial charge in [-0.15, -0.1) is 11.3 Å². The molecule has 1 fully saturated rings. The van der Waals surface area contributed by atoms with Gasteiger partial charge >= 0.3 is 0 Å². The minimum Gasteiger partial charge on any atom is -0.353 e. The first-order valence-corrected chi connectivity index (χ1v) is 11.8. The molecule has 26 heavy (non-hydrogen) atoms. The fourth-order valence-electron chi connectivity index (χ4n) is 3.14. The lowest BCUT2D eigenvalue weighted by molar-refractivity contribution is -0.123. The van der Waals surface area contributed by atoms with Gasteiger partial charge in [0.15, 0.2) is 0 Å². The molecule has 1 saturated heterocycles. The molecule has 0 bridgehead atoms. The predicted octanol–water partition coefficient (Wildman–Crippen LogP) is 2.53. The number of thiophene rings is 1. The molecule has 0 spiro atoms. The Bertz CT molecular complexity index is 639. The molecule has 0 saturated carbocycles. The summed E-state index contributed by atoms with van der Waals surface area (Å²) >= 11 is 1.24. The summed E-state index contributed by atoms with van der Waals surface area (Å²) < 4.78 is 26.9. The van der Waals surface area contributed by atoms with Crippen LogP contribution in [0.15, 0.2) is 21.7 Å². The summed E-state index contributed by atoms with van der Waals surface area (Å²) in [6.45, 7) is 6.62. The van der Waals surface area contributed by atoms with E-state index in [9.17, 15) is 13.2 Å². The van der Waals surface area contributed by atoms with E-state index in [1.54, 1.807) is 17.5 Å². The van der Waals surface area contributed by atoms with Gasteiger partial charge in [-0.25, -0.2) is 8.42 Å². The van der Waals surface area contributed by atoms with Crippen molar-refractivity contribution in [1.29, 1.82) is 0 Å². The largest absolute Gasteiger partial charge is 0.353 e. The maximum absolute atomic E-state index is 12.5. The molecule has 0 unspecified atom stereocenters. The highest BCUT2D eigenvalue weighted by Gasteiger charge is 2.29. The maximum Gasteiger partial charge on any atom is 0.252 e. The molecule has 1 amide bonds. The number of carbonyl (C=O) groups is 1. The fraction of sp³-hybridized carbons (Fsp3) is 0.722. The number of rotatable bonds is 10. The summed E-state index contributed by atoms with van der Waals surface area (Å²) in [5.74, 6) is 0.0301. The number of amides is 1. The lowest BCUT2D eigenvalue weighted by Crippen LogP contribution is -2.51.